The molecule has 0 atom stereocenters. The summed E-state index contributed by atoms with van der Waals surface area (Å²) in [6.45, 7) is 0.0839. The third kappa shape index (κ3) is 4.13. The highest BCUT2D eigenvalue weighted by Crippen LogP contribution is 2.41. The Morgan fingerprint density at radius 1 is 1.46 bits per heavy atom. The number of imidazole rings is 1. The van der Waals surface area contributed by atoms with Gasteiger partial charge in [-0.25, -0.2) is 9.78 Å². The van der Waals surface area contributed by atoms with E-state index in [4.69, 9.17) is 27.8 Å². The molecule has 3 rings (SSSR count). The summed E-state index contributed by atoms with van der Waals surface area (Å²) in [5.41, 5.74) is 13.7. The van der Waals surface area contributed by atoms with E-state index in [0.717, 1.165) is 10.1 Å². The van der Waals surface area contributed by atoms with Crippen molar-refractivity contribution in [1.82, 2.24) is 9.38 Å². The normalized spacial score (nSPS) is 15.7. The topological polar surface area (TPSA) is 105 Å². The van der Waals surface area contributed by atoms with Crippen LogP contribution in [0.1, 0.15) is 30.0 Å². The summed E-state index contributed by atoms with van der Waals surface area (Å²) in [6.07, 6.45) is 7.63. The Hall–Kier alpha value is -2.19. The molecule has 138 valence electrons. The Morgan fingerprint density at radius 2 is 2.19 bits per heavy atom. The fourth-order valence-corrected chi connectivity index (χ4v) is 3.18. The molecule has 1 saturated carbocycles. The molecule has 0 aliphatic heterocycles. The smallest absolute Gasteiger partial charge is 0.357 e. The Bertz CT molecular complexity index is 914. The third-order valence-corrected chi connectivity index (χ3v) is 4.63. The summed E-state index contributed by atoms with van der Waals surface area (Å²) in [7, 11) is 1.22. The second-order valence-corrected chi connectivity index (χ2v) is 7.24. The summed E-state index contributed by atoms with van der Waals surface area (Å²) < 4.78 is 13.1. The first-order chi connectivity index (χ1) is 12.4. The minimum absolute atomic E-state index is 0.0270. The maximum Gasteiger partial charge on any atom is 0.357 e. The molecule has 2 aromatic rings. The van der Waals surface area contributed by atoms with Gasteiger partial charge in [0.1, 0.15) is 11.8 Å². The van der Waals surface area contributed by atoms with Crippen LogP contribution in [0.5, 0.6) is 0 Å². The maximum atomic E-state index is 11.6. The molecule has 1 aliphatic rings. The lowest BCUT2D eigenvalue weighted by Crippen LogP contribution is -2.17. The van der Waals surface area contributed by atoms with E-state index in [2.05, 4.69) is 37.9 Å². The zero-order chi connectivity index (χ0) is 18.8. The number of halogens is 2. The maximum absolute atomic E-state index is 11.6. The van der Waals surface area contributed by atoms with Crippen molar-refractivity contribution >= 4 is 39.1 Å². The number of pyridine rings is 1. The highest BCUT2D eigenvalue weighted by atomic mass is 79.9. The van der Waals surface area contributed by atoms with Gasteiger partial charge in [-0.1, -0.05) is 11.6 Å². The van der Waals surface area contributed by atoms with Gasteiger partial charge in [-0.2, -0.15) is 0 Å². The molecule has 0 aromatic carbocycles. The number of allylic oxidation sites excluding steroid dienone is 1. The number of rotatable bonds is 6. The molecule has 26 heavy (non-hydrogen) atoms. The molecular weight excluding hydrogens is 424 g/mol. The number of aromatic nitrogens is 2. The van der Waals surface area contributed by atoms with Crippen molar-refractivity contribution in [3.05, 3.63) is 56.9 Å². The number of nitrogens with zero attached hydrogens (tertiary/aromatic N) is 2. The Labute approximate surface area is 163 Å². The van der Waals surface area contributed by atoms with E-state index in [1.54, 1.807) is 0 Å². The lowest BCUT2D eigenvalue weighted by atomic mass is 10.2. The average Bonchev–Trinajstić information content (AvgIpc) is 3.37. The van der Waals surface area contributed by atoms with Crippen LogP contribution in [0.4, 0.5) is 0 Å². The van der Waals surface area contributed by atoms with E-state index in [0.29, 0.717) is 11.6 Å². The van der Waals surface area contributed by atoms with E-state index in [9.17, 15) is 4.79 Å². The van der Waals surface area contributed by atoms with E-state index < -0.39 is 5.97 Å². The van der Waals surface area contributed by atoms with Gasteiger partial charge in [-0.15, -0.1) is 0 Å². The predicted molar refractivity (Wildman–Crippen MR) is 101 cm³/mol. The predicted octanol–water partition coefficient (Wildman–Crippen LogP) is 2.87. The van der Waals surface area contributed by atoms with E-state index in [-0.39, 0.29) is 23.2 Å². The van der Waals surface area contributed by atoms with Crippen molar-refractivity contribution in [2.24, 2.45) is 11.5 Å². The quantitative estimate of drug-likeness (QED) is 0.235. The number of methoxy groups -OCH3 is 1. The molecule has 1 fully saturated rings. The summed E-state index contributed by atoms with van der Waals surface area (Å²) in [6, 6.07) is 2.10. The zero-order valence-electron chi connectivity index (χ0n) is 14.0. The molecule has 0 unspecified atom stereocenters. The van der Waals surface area contributed by atoms with Crippen molar-refractivity contribution < 1.29 is 14.3 Å². The standard InChI is InChI=1S/C17H18BrClN4O3/c1-25-17(24)15(21)13(5-14(19)20)26-8-11-7-23-6-10(9-2-3-9)4-12(18)16(23)22-11/h4-7,9H,2-3,8,20-21H2,1H3/b14-5-,15-13+. The van der Waals surface area contributed by atoms with Crippen LogP contribution in [0.15, 0.2) is 45.6 Å². The first-order valence-corrected chi connectivity index (χ1v) is 9.06. The fraction of sp³-hybridized carbons (Fsp3) is 0.294. The molecule has 0 amide bonds. The van der Waals surface area contributed by atoms with Gasteiger partial charge in [0.05, 0.1) is 17.3 Å². The number of ether oxygens (including phenoxy) is 2. The van der Waals surface area contributed by atoms with Gasteiger partial charge >= 0.3 is 5.97 Å². The number of hydrogen-bond acceptors (Lipinski definition) is 6. The fourth-order valence-electron chi connectivity index (χ4n) is 2.52. The number of esters is 1. The SMILES string of the molecule is COC(=O)/C(N)=C(/C=C(\N)Cl)OCc1cn2cc(C3CC3)cc(Br)c2n1. The molecule has 9 heteroatoms. The van der Waals surface area contributed by atoms with Crippen molar-refractivity contribution in [3.63, 3.8) is 0 Å². The minimum atomic E-state index is -0.735. The van der Waals surface area contributed by atoms with E-state index in [1.807, 2.05) is 10.6 Å². The monoisotopic (exact) mass is 440 g/mol. The molecule has 2 heterocycles. The molecule has 1 aliphatic carbocycles. The van der Waals surface area contributed by atoms with Gasteiger partial charge < -0.3 is 25.3 Å². The zero-order valence-corrected chi connectivity index (χ0v) is 16.4. The lowest BCUT2D eigenvalue weighted by Gasteiger charge is -2.08. The van der Waals surface area contributed by atoms with Crippen LogP contribution in [0.3, 0.4) is 0 Å². The second-order valence-electron chi connectivity index (χ2n) is 5.95. The summed E-state index contributed by atoms with van der Waals surface area (Å²) in [5, 5.41) is -0.0707. The lowest BCUT2D eigenvalue weighted by molar-refractivity contribution is -0.136. The number of fused-ring (bicyclic) bond motifs is 1. The van der Waals surface area contributed by atoms with E-state index in [1.165, 1.54) is 31.6 Å². The van der Waals surface area contributed by atoms with E-state index >= 15 is 0 Å². The molecule has 7 nitrogen and oxygen atoms in total. The largest absolute Gasteiger partial charge is 0.485 e. The first-order valence-electron chi connectivity index (χ1n) is 7.89. The number of nitrogens with two attached hydrogens (primary N) is 2. The van der Waals surface area contributed by atoms with Crippen LogP contribution >= 0.6 is 27.5 Å². The van der Waals surface area contributed by atoms with Gasteiger partial charge in [0.15, 0.2) is 17.1 Å². The average molecular weight is 442 g/mol. The molecule has 4 N–H and O–H groups in total. The Balaban J connectivity index is 1.84. The number of hydrogen-bond donors (Lipinski definition) is 2. The van der Waals surface area contributed by atoms with Crippen LogP contribution in [0, 0.1) is 0 Å². The summed E-state index contributed by atoms with van der Waals surface area (Å²) in [4.78, 5) is 16.1. The molecule has 0 spiro atoms. The van der Waals surface area contributed by atoms with Gasteiger partial charge in [0, 0.05) is 18.5 Å². The molecule has 0 radical (unpaired) electrons. The van der Waals surface area contributed by atoms with Crippen LogP contribution < -0.4 is 11.5 Å². The first kappa shape index (κ1) is 18.6. The van der Waals surface area contributed by atoms with Gasteiger partial charge in [0.25, 0.3) is 0 Å². The van der Waals surface area contributed by atoms with Crippen molar-refractivity contribution in [2.75, 3.05) is 7.11 Å². The summed E-state index contributed by atoms with van der Waals surface area (Å²) >= 11 is 9.24. The van der Waals surface area contributed by atoms with Gasteiger partial charge in [0.2, 0.25) is 0 Å². The van der Waals surface area contributed by atoms with Crippen molar-refractivity contribution in [3.8, 4) is 0 Å². The number of carbonyl (C=O) groups excluding carboxylic acids is 1. The van der Waals surface area contributed by atoms with Gasteiger partial charge in [-0.05, 0) is 46.3 Å². The number of carbonyl (C=O) groups is 1. The van der Waals surface area contributed by atoms with Crippen LogP contribution in [0.25, 0.3) is 5.65 Å². The van der Waals surface area contributed by atoms with Crippen LogP contribution in [-0.4, -0.2) is 22.5 Å². The molecule has 2 aromatic heterocycles. The van der Waals surface area contributed by atoms with Crippen LogP contribution in [-0.2, 0) is 20.9 Å². The molecule has 0 bridgehead atoms. The highest BCUT2D eigenvalue weighted by molar-refractivity contribution is 9.10. The minimum Gasteiger partial charge on any atom is -0.485 e. The summed E-state index contributed by atoms with van der Waals surface area (Å²) in [5.74, 6) is -0.0795. The molecule has 0 saturated heterocycles. The molecular formula is C17H18BrClN4O3. The second kappa shape index (κ2) is 7.59. The van der Waals surface area contributed by atoms with Crippen LogP contribution in [0.2, 0.25) is 0 Å². The van der Waals surface area contributed by atoms with Gasteiger partial charge in [-0.3, -0.25) is 0 Å². The third-order valence-electron chi connectivity index (χ3n) is 3.94. The highest BCUT2D eigenvalue weighted by Gasteiger charge is 2.24. The van der Waals surface area contributed by atoms with Crippen molar-refractivity contribution in [1.29, 1.82) is 0 Å². The Morgan fingerprint density at radius 3 is 2.81 bits per heavy atom. The Kier molecular flexibility index (Phi) is 5.43. The van der Waals surface area contributed by atoms with Crippen molar-refractivity contribution in [2.45, 2.75) is 25.4 Å².